The SMILES string of the molecule is Cc1cccc(CN2CCCn3cccc3C2c2cccc(F)c2)c1. The molecule has 2 heterocycles. The van der Waals surface area contributed by atoms with Crippen molar-refractivity contribution in [3.8, 4) is 0 Å². The largest absolute Gasteiger partial charge is 0.350 e. The Morgan fingerprint density at radius 3 is 2.72 bits per heavy atom. The minimum atomic E-state index is -0.171. The van der Waals surface area contributed by atoms with Crippen molar-refractivity contribution >= 4 is 0 Å². The van der Waals surface area contributed by atoms with E-state index in [1.54, 1.807) is 6.07 Å². The average molecular weight is 334 g/mol. The molecular weight excluding hydrogens is 311 g/mol. The third-order valence-electron chi connectivity index (χ3n) is 4.99. The number of hydrogen-bond donors (Lipinski definition) is 0. The van der Waals surface area contributed by atoms with Crippen molar-refractivity contribution in [2.45, 2.75) is 32.5 Å². The van der Waals surface area contributed by atoms with Crippen LogP contribution in [-0.2, 0) is 13.1 Å². The molecule has 0 fully saturated rings. The number of halogens is 1. The van der Waals surface area contributed by atoms with E-state index in [0.717, 1.165) is 31.6 Å². The molecule has 0 saturated heterocycles. The third kappa shape index (κ3) is 3.38. The van der Waals surface area contributed by atoms with Crippen LogP contribution in [-0.4, -0.2) is 16.0 Å². The zero-order chi connectivity index (χ0) is 17.2. The summed E-state index contributed by atoms with van der Waals surface area (Å²) >= 11 is 0. The van der Waals surface area contributed by atoms with Crippen LogP contribution >= 0.6 is 0 Å². The van der Waals surface area contributed by atoms with Crippen molar-refractivity contribution in [2.24, 2.45) is 0 Å². The van der Waals surface area contributed by atoms with Gasteiger partial charge in [0.15, 0.2) is 0 Å². The summed E-state index contributed by atoms with van der Waals surface area (Å²) < 4.78 is 16.2. The molecule has 1 aromatic heterocycles. The zero-order valence-electron chi connectivity index (χ0n) is 14.5. The predicted octanol–water partition coefficient (Wildman–Crippen LogP) is 4.93. The molecule has 3 heteroatoms. The molecule has 0 amide bonds. The Bertz CT molecular complexity index is 868. The van der Waals surface area contributed by atoms with Gasteiger partial charge in [-0.15, -0.1) is 0 Å². The third-order valence-corrected chi connectivity index (χ3v) is 4.99. The topological polar surface area (TPSA) is 8.17 Å². The molecule has 128 valence electrons. The molecule has 4 rings (SSSR count). The minimum Gasteiger partial charge on any atom is -0.350 e. The van der Waals surface area contributed by atoms with Crippen LogP contribution < -0.4 is 0 Å². The maximum Gasteiger partial charge on any atom is 0.123 e. The van der Waals surface area contributed by atoms with Crippen molar-refractivity contribution < 1.29 is 4.39 Å². The first-order chi connectivity index (χ1) is 12.2. The second-order valence-corrected chi connectivity index (χ2v) is 6.90. The first-order valence-corrected chi connectivity index (χ1v) is 8.91. The van der Waals surface area contributed by atoms with Gasteiger partial charge in [0, 0.05) is 31.5 Å². The Balaban J connectivity index is 1.75. The average Bonchev–Trinajstić information content (AvgIpc) is 2.96. The fraction of sp³-hybridized carbons (Fsp3) is 0.273. The maximum absolute atomic E-state index is 13.9. The number of aryl methyl sites for hydroxylation is 2. The normalized spacial score (nSPS) is 17.9. The van der Waals surface area contributed by atoms with Gasteiger partial charge in [-0.3, -0.25) is 4.90 Å². The van der Waals surface area contributed by atoms with E-state index in [4.69, 9.17) is 0 Å². The molecule has 0 N–H and O–H groups in total. The maximum atomic E-state index is 13.9. The standard InChI is InChI=1S/C22H23FN2/c1-17-6-2-7-18(14-17)16-25-13-5-12-24-11-4-10-21(24)22(25)19-8-3-9-20(23)15-19/h2-4,6-11,14-15,22H,5,12-13,16H2,1H3. The molecule has 2 nitrogen and oxygen atoms in total. The van der Waals surface area contributed by atoms with Gasteiger partial charge in [0.2, 0.25) is 0 Å². The highest BCUT2D eigenvalue weighted by Crippen LogP contribution is 2.33. The monoisotopic (exact) mass is 334 g/mol. The Morgan fingerprint density at radius 2 is 1.88 bits per heavy atom. The molecule has 1 aliphatic rings. The van der Waals surface area contributed by atoms with Gasteiger partial charge in [-0.25, -0.2) is 4.39 Å². The fourth-order valence-corrected chi connectivity index (χ4v) is 3.91. The molecule has 3 aromatic rings. The minimum absolute atomic E-state index is 0.0775. The van der Waals surface area contributed by atoms with Crippen LogP contribution in [0.5, 0.6) is 0 Å². The van der Waals surface area contributed by atoms with Crippen LogP contribution in [0.4, 0.5) is 4.39 Å². The van der Waals surface area contributed by atoms with E-state index in [1.165, 1.54) is 22.9 Å². The summed E-state index contributed by atoms with van der Waals surface area (Å²) in [7, 11) is 0. The van der Waals surface area contributed by atoms with Crippen molar-refractivity contribution in [3.63, 3.8) is 0 Å². The molecule has 0 aliphatic carbocycles. The molecule has 1 unspecified atom stereocenters. The Hall–Kier alpha value is -2.39. The molecule has 1 aliphatic heterocycles. The van der Waals surface area contributed by atoms with Gasteiger partial charge in [0.1, 0.15) is 5.82 Å². The summed E-state index contributed by atoms with van der Waals surface area (Å²) in [5.41, 5.74) is 4.85. The van der Waals surface area contributed by atoms with Gasteiger partial charge < -0.3 is 4.57 Å². The van der Waals surface area contributed by atoms with E-state index < -0.39 is 0 Å². The Labute approximate surface area is 148 Å². The number of nitrogens with zero attached hydrogens (tertiary/aromatic N) is 2. The van der Waals surface area contributed by atoms with E-state index in [-0.39, 0.29) is 11.9 Å². The quantitative estimate of drug-likeness (QED) is 0.659. The second-order valence-electron chi connectivity index (χ2n) is 6.90. The first-order valence-electron chi connectivity index (χ1n) is 8.91. The Kier molecular flexibility index (Phi) is 4.41. The van der Waals surface area contributed by atoms with E-state index in [2.05, 4.69) is 59.0 Å². The smallest absolute Gasteiger partial charge is 0.123 e. The highest BCUT2D eigenvalue weighted by Gasteiger charge is 2.27. The van der Waals surface area contributed by atoms with Crippen LogP contribution in [0.3, 0.4) is 0 Å². The van der Waals surface area contributed by atoms with Gasteiger partial charge in [-0.2, -0.15) is 0 Å². The van der Waals surface area contributed by atoms with Gasteiger partial charge in [0.05, 0.1) is 6.04 Å². The van der Waals surface area contributed by atoms with Crippen molar-refractivity contribution in [1.29, 1.82) is 0 Å². The fourth-order valence-electron chi connectivity index (χ4n) is 3.91. The van der Waals surface area contributed by atoms with E-state index >= 15 is 0 Å². The van der Waals surface area contributed by atoms with Gasteiger partial charge >= 0.3 is 0 Å². The molecule has 2 aromatic carbocycles. The molecule has 0 saturated carbocycles. The lowest BCUT2D eigenvalue weighted by Gasteiger charge is -2.30. The number of rotatable bonds is 3. The molecule has 0 radical (unpaired) electrons. The van der Waals surface area contributed by atoms with E-state index in [1.807, 2.05) is 12.1 Å². The summed E-state index contributed by atoms with van der Waals surface area (Å²) in [6.07, 6.45) is 3.23. The van der Waals surface area contributed by atoms with Crippen molar-refractivity contribution in [2.75, 3.05) is 6.54 Å². The zero-order valence-corrected chi connectivity index (χ0v) is 14.5. The number of benzene rings is 2. The van der Waals surface area contributed by atoms with Crippen molar-refractivity contribution in [3.05, 3.63) is 95.1 Å². The molecule has 25 heavy (non-hydrogen) atoms. The van der Waals surface area contributed by atoms with Crippen molar-refractivity contribution in [1.82, 2.24) is 9.47 Å². The van der Waals surface area contributed by atoms with Crippen LogP contribution in [0.1, 0.15) is 34.8 Å². The molecule has 1 atom stereocenters. The van der Waals surface area contributed by atoms with Crippen LogP contribution in [0, 0.1) is 12.7 Å². The van der Waals surface area contributed by atoms with E-state index in [0.29, 0.717) is 0 Å². The van der Waals surface area contributed by atoms with E-state index in [9.17, 15) is 4.39 Å². The predicted molar refractivity (Wildman–Crippen MR) is 98.9 cm³/mol. The summed E-state index contributed by atoms with van der Waals surface area (Å²) in [6.45, 7) is 5.00. The molecular formula is C22H23FN2. The highest BCUT2D eigenvalue weighted by molar-refractivity contribution is 5.31. The van der Waals surface area contributed by atoms with Gasteiger partial charge in [0.25, 0.3) is 0 Å². The first kappa shape index (κ1) is 16.1. The second kappa shape index (κ2) is 6.85. The molecule has 0 spiro atoms. The number of fused-ring (bicyclic) bond motifs is 1. The highest BCUT2D eigenvalue weighted by atomic mass is 19.1. The summed E-state index contributed by atoms with van der Waals surface area (Å²) in [4.78, 5) is 2.47. The van der Waals surface area contributed by atoms with Crippen LogP contribution in [0.2, 0.25) is 0 Å². The lowest BCUT2D eigenvalue weighted by atomic mass is 10.0. The molecule has 0 bridgehead atoms. The van der Waals surface area contributed by atoms with Crippen LogP contribution in [0.15, 0.2) is 66.9 Å². The lowest BCUT2D eigenvalue weighted by molar-refractivity contribution is 0.220. The summed E-state index contributed by atoms with van der Waals surface area (Å²) in [5, 5.41) is 0. The van der Waals surface area contributed by atoms with Gasteiger partial charge in [-0.05, 0) is 48.7 Å². The number of aromatic nitrogens is 1. The summed E-state index contributed by atoms with van der Waals surface area (Å²) in [6, 6.07) is 20.1. The lowest BCUT2D eigenvalue weighted by Crippen LogP contribution is -2.29. The number of hydrogen-bond acceptors (Lipinski definition) is 1. The van der Waals surface area contributed by atoms with Gasteiger partial charge in [-0.1, -0.05) is 42.0 Å². The Morgan fingerprint density at radius 1 is 1.00 bits per heavy atom. The van der Waals surface area contributed by atoms with Crippen LogP contribution in [0.25, 0.3) is 0 Å². The summed E-state index contributed by atoms with van der Waals surface area (Å²) in [5.74, 6) is -0.171.